The van der Waals surface area contributed by atoms with Crippen LogP contribution in [0.2, 0.25) is 5.02 Å². The minimum Gasteiger partial charge on any atom is -0.478 e. The van der Waals surface area contributed by atoms with Gasteiger partial charge in [0.2, 0.25) is 0 Å². The van der Waals surface area contributed by atoms with Gasteiger partial charge in [0, 0.05) is 21.7 Å². The average Bonchev–Trinajstić information content (AvgIpc) is 2.73. The molecule has 3 aromatic rings. The standard InChI is InChI=1S/C21H10ClN5O2/c22-14-3-6-18-16(7-14)17(21(28)29)8-19(27-18)12-1-4-15(5-2-12)26-20(11-25)13(9-23)10-24/h1-8,26H,(H,28,29). The third-order valence-electron chi connectivity index (χ3n) is 4.04. The Hall–Kier alpha value is -4.38. The van der Waals surface area contributed by atoms with Crippen LogP contribution in [0.15, 0.2) is 59.8 Å². The van der Waals surface area contributed by atoms with Gasteiger partial charge in [-0.2, -0.15) is 15.8 Å². The number of halogens is 1. The monoisotopic (exact) mass is 399 g/mol. The molecule has 7 nitrogen and oxygen atoms in total. The molecule has 0 unspecified atom stereocenters. The third kappa shape index (κ3) is 3.99. The molecule has 1 heterocycles. The molecule has 8 heteroatoms. The predicted molar refractivity (Wildman–Crippen MR) is 107 cm³/mol. The van der Waals surface area contributed by atoms with E-state index in [2.05, 4.69) is 10.3 Å². The second-order valence-corrected chi connectivity index (χ2v) is 6.25. The predicted octanol–water partition coefficient (Wildman–Crippen LogP) is 4.49. The number of nitriles is 3. The Kier molecular flexibility index (Phi) is 5.42. The summed E-state index contributed by atoms with van der Waals surface area (Å²) >= 11 is 5.97. The topological polar surface area (TPSA) is 134 Å². The zero-order chi connectivity index (χ0) is 21.0. The zero-order valence-electron chi connectivity index (χ0n) is 14.6. The number of aromatic carboxylic acids is 1. The van der Waals surface area contributed by atoms with Gasteiger partial charge < -0.3 is 10.4 Å². The highest BCUT2D eigenvalue weighted by Crippen LogP contribution is 2.28. The molecule has 0 aliphatic carbocycles. The number of nitrogens with zero attached hydrogens (tertiary/aromatic N) is 4. The van der Waals surface area contributed by atoms with Crippen LogP contribution in [-0.2, 0) is 0 Å². The maximum absolute atomic E-state index is 11.7. The van der Waals surface area contributed by atoms with Crippen molar-refractivity contribution in [3.05, 3.63) is 70.4 Å². The third-order valence-corrected chi connectivity index (χ3v) is 4.27. The Morgan fingerprint density at radius 2 is 1.69 bits per heavy atom. The molecular weight excluding hydrogens is 390 g/mol. The smallest absolute Gasteiger partial charge is 0.336 e. The van der Waals surface area contributed by atoms with Crippen molar-refractivity contribution in [3.63, 3.8) is 0 Å². The molecule has 0 amide bonds. The molecule has 29 heavy (non-hydrogen) atoms. The van der Waals surface area contributed by atoms with Crippen LogP contribution in [0.1, 0.15) is 10.4 Å². The van der Waals surface area contributed by atoms with Crippen molar-refractivity contribution in [1.29, 1.82) is 15.8 Å². The van der Waals surface area contributed by atoms with E-state index in [1.807, 2.05) is 0 Å². The highest BCUT2D eigenvalue weighted by atomic mass is 35.5. The second kappa shape index (κ2) is 8.10. The number of aromatic nitrogens is 1. The van der Waals surface area contributed by atoms with Crippen LogP contribution in [0.3, 0.4) is 0 Å². The van der Waals surface area contributed by atoms with Gasteiger partial charge in [-0.15, -0.1) is 0 Å². The highest BCUT2D eigenvalue weighted by molar-refractivity contribution is 6.31. The number of fused-ring (bicyclic) bond motifs is 1. The number of hydrogen-bond acceptors (Lipinski definition) is 6. The number of carbonyl (C=O) groups is 1. The molecule has 0 saturated heterocycles. The van der Waals surface area contributed by atoms with Crippen molar-refractivity contribution in [3.8, 4) is 29.5 Å². The molecule has 0 spiro atoms. The van der Waals surface area contributed by atoms with Crippen LogP contribution in [-0.4, -0.2) is 16.1 Å². The minimum absolute atomic E-state index is 0.0806. The number of hydrogen-bond donors (Lipinski definition) is 2. The molecule has 1 aromatic heterocycles. The molecule has 0 aliphatic rings. The summed E-state index contributed by atoms with van der Waals surface area (Å²) in [6, 6.07) is 18.0. The van der Waals surface area contributed by atoms with Crippen molar-refractivity contribution in [2.24, 2.45) is 0 Å². The van der Waals surface area contributed by atoms with Crippen molar-refractivity contribution in [2.75, 3.05) is 5.32 Å². The Morgan fingerprint density at radius 3 is 2.28 bits per heavy atom. The molecular formula is C21H10ClN5O2. The Bertz CT molecular complexity index is 1280. The second-order valence-electron chi connectivity index (χ2n) is 5.81. The van der Waals surface area contributed by atoms with E-state index in [9.17, 15) is 9.90 Å². The highest BCUT2D eigenvalue weighted by Gasteiger charge is 2.14. The molecule has 0 atom stereocenters. The average molecular weight is 400 g/mol. The lowest BCUT2D eigenvalue weighted by molar-refractivity contribution is 0.0699. The molecule has 138 valence electrons. The van der Waals surface area contributed by atoms with Gasteiger partial charge in [0.25, 0.3) is 0 Å². The molecule has 2 aromatic carbocycles. The van der Waals surface area contributed by atoms with E-state index in [-0.39, 0.29) is 16.8 Å². The van der Waals surface area contributed by atoms with Gasteiger partial charge in [0.05, 0.1) is 16.8 Å². The van der Waals surface area contributed by atoms with Crippen LogP contribution in [0.25, 0.3) is 22.2 Å². The summed E-state index contributed by atoms with van der Waals surface area (Å²) in [5, 5.41) is 40.0. The molecule has 3 rings (SSSR count). The van der Waals surface area contributed by atoms with Crippen LogP contribution >= 0.6 is 11.6 Å². The number of rotatable bonds is 4. The molecule has 0 fully saturated rings. The summed E-state index contributed by atoms with van der Waals surface area (Å²) in [6.45, 7) is 0. The summed E-state index contributed by atoms with van der Waals surface area (Å²) in [5.41, 5.74) is 1.69. The Balaban J connectivity index is 2.02. The SMILES string of the molecule is N#CC(C#N)=C(C#N)Nc1ccc(-c2cc(C(=O)O)c3cc(Cl)ccc3n2)cc1. The van der Waals surface area contributed by atoms with Crippen molar-refractivity contribution in [1.82, 2.24) is 4.98 Å². The van der Waals surface area contributed by atoms with Crippen molar-refractivity contribution < 1.29 is 9.90 Å². The maximum atomic E-state index is 11.7. The van der Waals surface area contributed by atoms with Crippen LogP contribution in [0, 0.1) is 34.0 Å². The number of carboxylic acids is 1. The lowest BCUT2D eigenvalue weighted by Gasteiger charge is -2.09. The number of benzene rings is 2. The molecule has 0 saturated carbocycles. The lowest BCUT2D eigenvalue weighted by atomic mass is 10.0. The number of carboxylic acid groups (broad SMARTS) is 1. The maximum Gasteiger partial charge on any atom is 0.336 e. The first-order valence-electron chi connectivity index (χ1n) is 8.12. The lowest BCUT2D eigenvalue weighted by Crippen LogP contribution is -2.01. The normalized spacial score (nSPS) is 9.72. The van der Waals surface area contributed by atoms with Gasteiger partial charge in [-0.25, -0.2) is 9.78 Å². The first-order valence-corrected chi connectivity index (χ1v) is 8.50. The fraction of sp³-hybridized carbons (Fsp3) is 0. The first kappa shape index (κ1) is 19.4. The van der Waals surface area contributed by atoms with E-state index in [4.69, 9.17) is 27.4 Å². The Morgan fingerprint density at radius 1 is 1.00 bits per heavy atom. The van der Waals surface area contributed by atoms with Crippen molar-refractivity contribution in [2.45, 2.75) is 0 Å². The van der Waals surface area contributed by atoms with Gasteiger partial charge >= 0.3 is 5.97 Å². The van der Waals surface area contributed by atoms with Gasteiger partial charge in [0.15, 0.2) is 5.57 Å². The van der Waals surface area contributed by atoms with Crippen LogP contribution in [0.5, 0.6) is 0 Å². The van der Waals surface area contributed by atoms with Crippen LogP contribution in [0.4, 0.5) is 5.69 Å². The molecule has 0 aliphatic heterocycles. The summed E-state index contributed by atoms with van der Waals surface area (Å²) in [4.78, 5) is 16.2. The molecule has 0 bridgehead atoms. The van der Waals surface area contributed by atoms with Gasteiger partial charge in [-0.1, -0.05) is 23.7 Å². The first-order chi connectivity index (χ1) is 14.0. The van der Waals surface area contributed by atoms with E-state index in [1.165, 1.54) is 6.07 Å². The van der Waals surface area contributed by atoms with Gasteiger partial charge in [0.1, 0.15) is 23.9 Å². The van der Waals surface area contributed by atoms with E-state index in [0.29, 0.717) is 32.9 Å². The number of allylic oxidation sites excluding steroid dienone is 2. The fourth-order valence-electron chi connectivity index (χ4n) is 2.67. The Labute approximate surface area is 170 Å². The molecule has 2 N–H and O–H groups in total. The van der Waals surface area contributed by atoms with Gasteiger partial charge in [-0.3, -0.25) is 0 Å². The summed E-state index contributed by atoms with van der Waals surface area (Å²) in [6.07, 6.45) is 0. The largest absolute Gasteiger partial charge is 0.478 e. The van der Waals surface area contributed by atoms with E-state index in [0.717, 1.165) is 0 Å². The van der Waals surface area contributed by atoms with E-state index < -0.39 is 5.97 Å². The van der Waals surface area contributed by atoms with E-state index >= 15 is 0 Å². The summed E-state index contributed by atoms with van der Waals surface area (Å²) in [7, 11) is 0. The van der Waals surface area contributed by atoms with Crippen LogP contribution < -0.4 is 5.32 Å². The fourth-order valence-corrected chi connectivity index (χ4v) is 2.85. The van der Waals surface area contributed by atoms with Gasteiger partial charge in [-0.05, 0) is 36.4 Å². The minimum atomic E-state index is -1.09. The number of nitrogens with one attached hydrogen (secondary N) is 1. The quantitative estimate of drug-likeness (QED) is 0.617. The summed E-state index contributed by atoms with van der Waals surface area (Å²) in [5.74, 6) is -1.09. The number of anilines is 1. The van der Waals surface area contributed by atoms with E-state index in [1.54, 1.807) is 60.7 Å². The van der Waals surface area contributed by atoms with Crippen molar-refractivity contribution >= 4 is 34.2 Å². The molecule has 0 radical (unpaired) electrons. The summed E-state index contributed by atoms with van der Waals surface area (Å²) < 4.78 is 0. The number of pyridine rings is 1. The zero-order valence-corrected chi connectivity index (χ0v) is 15.4.